The van der Waals surface area contributed by atoms with Gasteiger partial charge in [-0.05, 0) is 62.7 Å². The summed E-state index contributed by atoms with van der Waals surface area (Å²) in [6.07, 6.45) is 3.76. The second kappa shape index (κ2) is 10.0. The highest BCUT2D eigenvalue weighted by Crippen LogP contribution is 2.23. The monoisotopic (exact) mass is 421 g/mol. The summed E-state index contributed by atoms with van der Waals surface area (Å²) >= 11 is 0. The number of sulfonamides is 1. The summed E-state index contributed by atoms with van der Waals surface area (Å²) in [6, 6.07) is 7.60. The van der Waals surface area contributed by atoms with E-state index in [2.05, 4.69) is 17.1 Å². The van der Waals surface area contributed by atoms with Gasteiger partial charge in [0, 0.05) is 32.1 Å². The summed E-state index contributed by atoms with van der Waals surface area (Å²) in [4.78, 5) is 15.0. The van der Waals surface area contributed by atoms with Crippen molar-refractivity contribution in [3.63, 3.8) is 0 Å². The van der Waals surface area contributed by atoms with Gasteiger partial charge in [0.15, 0.2) is 0 Å². The minimum Gasteiger partial charge on any atom is -0.356 e. The molecule has 0 radical (unpaired) electrons. The molecule has 7 heteroatoms. The van der Waals surface area contributed by atoms with E-state index in [0.717, 1.165) is 17.7 Å². The van der Waals surface area contributed by atoms with E-state index in [0.29, 0.717) is 38.4 Å². The Labute approximate surface area is 175 Å². The molecule has 0 bridgehead atoms. The molecule has 2 aliphatic heterocycles. The molecule has 0 aliphatic carbocycles. The Bertz CT molecular complexity index is 782. The van der Waals surface area contributed by atoms with Crippen LogP contribution in [0.2, 0.25) is 0 Å². The first-order valence-electron chi connectivity index (χ1n) is 10.9. The van der Waals surface area contributed by atoms with Crippen molar-refractivity contribution in [1.82, 2.24) is 14.5 Å². The summed E-state index contributed by atoms with van der Waals surface area (Å²) in [6.45, 7) is 9.05. The maximum absolute atomic E-state index is 12.8. The lowest BCUT2D eigenvalue weighted by Crippen LogP contribution is -2.44. The molecule has 0 aromatic heterocycles. The van der Waals surface area contributed by atoms with Crippen LogP contribution in [0.4, 0.5) is 0 Å². The van der Waals surface area contributed by atoms with Crippen molar-refractivity contribution in [2.24, 2.45) is 11.8 Å². The zero-order valence-electron chi connectivity index (χ0n) is 17.8. The molecule has 1 aromatic rings. The van der Waals surface area contributed by atoms with Crippen molar-refractivity contribution < 1.29 is 13.2 Å². The first-order chi connectivity index (χ1) is 13.8. The van der Waals surface area contributed by atoms with Crippen LogP contribution in [0.15, 0.2) is 24.3 Å². The zero-order valence-corrected chi connectivity index (χ0v) is 18.6. The van der Waals surface area contributed by atoms with Gasteiger partial charge in [-0.15, -0.1) is 0 Å². The van der Waals surface area contributed by atoms with Crippen LogP contribution in [0.25, 0.3) is 0 Å². The van der Waals surface area contributed by atoms with Gasteiger partial charge < -0.3 is 10.2 Å². The average Bonchev–Trinajstić information content (AvgIpc) is 3.21. The molecule has 6 nitrogen and oxygen atoms in total. The molecular formula is C22H35N3O3S. The van der Waals surface area contributed by atoms with Crippen LogP contribution in [0.3, 0.4) is 0 Å². The normalized spacial score (nSPS) is 20.6. The van der Waals surface area contributed by atoms with Gasteiger partial charge in [0.05, 0.1) is 5.75 Å². The van der Waals surface area contributed by atoms with E-state index in [1.54, 1.807) is 4.31 Å². The highest BCUT2D eigenvalue weighted by atomic mass is 32.2. The van der Waals surface area contributed by atoms with Crippen LogP contribution in [0.1, 0.15) is 43.7 Å². The fraction of sp³-hybridized carbons (Fsp3) is 0.682. The van der Waals surface area contributed by atoms with E-state index < -0.39 is 10.0 Å². The number of amides is 1. The Kier molecular flexibility index (Phi) is 7.71. The summed E-state index contributed by atoms with van der Waals surface area (Å²) < 4.78 is 27.1. The lowest BCUT2D eigenvalue weighted by Gasteiger charge is -2.31. The van der Waals surface area contributed by atoms with Crippen molar-refractivity contribution in [3.8, 4) is 0 Å². The quantitative estimate of drug-likeness (QED) is 0.700. The van der Waals surface area contributed by atoms with Crippen molar-refractivity contribution in [2.75, 3.05) is 39.3 Å². The van der Waals surface area contributed by atoms with E-state index in [1.165, 1.54) is 25.9 Å². The number of rotatable bonds is 8. The third-order valence-corrected chi connectivity index (χ3v) is 8.04. The van der Waals surface area contributed by atoms with Gasteiger partial charge in [-0.25, -0.2) is 12.7 Å². The highest BCUT2D eigenvalue weighted by Gasteiger charge is 2.31. The smallest absolute Gasteiger partial charge is 0.223 e. The summed E-state index contributed by atoms with van der Waals surface area (Å²) in [5.41, 5.74) is 1.84. The number of aryl methyl sites for hydroxylation is 1. The Morgan fingerprint density at radius 1 is 1.14 bits per heavy atom. The molecule has 2 saturated heterocycles. The van der Waals surface area contributed by atoms with Crippen LogP contribution < -0.4 is 5.32 Å². The van der Waals surface area contributed by atoms with Crippen molar-refractivity contribution in [1.29, 1.82) is 0 Å². The van der Waals surface area contributed by atoms with Crippen LogP contribution in [0, 0.1) is 18.8 Å². The number of hydrogen-bond acceptors (Lipinski definition) is 4. The van der Waals surface area contributed by atoms with Crippen LogP contribution >= 0.6 is 0 Å². The first kappa shape index (κ1) is 22.2. The number of nitrogens with zero attached hydrogens (tertiary/aromatic N) is 2. The number of benzene rings is 1. The standard InChI is InChI=1S/C22H35N3O3S/c1-18(16-24-11-5-6-12-24)15-23-22(26)20-9-13-25(14-10-20)29(27,28)17-21-8-4-3-7-19(21)2/h3-4,7-8,18,20H,5-6,9-17H2,1-2H3,(H,23,26)/t18-/m1/s1. The molecule has 0 saturated carbocycles. The predicted octanol–water partition coefficient (Wildman–Crippen LogP) is 2.38. The largest absolute Gasteiger partial charge is 0.356 e. The number of carbonyl (C=O) groups is 1. The molecule has 29 heavy (non-hydrogen) atoms. The van der Waals surface area contributed by atoms with Gasteiger partial charge in [-0.2, -0.15) is 0 Å². The van der Waals surface area contributed by atoms with E-state index in [4.69, 9.17) is 0 Å². The first-order valence-corrected chi connectivity index (χ1v) is 12.5. The number of hydrogen-bond donors (Lipinski definition) is 1. The minimum atomic E-state index is -3.35. The topological polar surface area (TPSA) is 69.7 Å². The van der Waals surface area contributed by atoms with Gasteiger partial charge >= 0.3 is 0 Å². The molecule has 2 heterocycles. The SMILES string of the molecule is Cc1ccccc1CS(=O)(=O)N1CCC(C(=O)NC[C@@H](C)CN2CCCC2)CC1. The number of likely N-dealkylation sites (tertiary alicyclic amines) is 1. The van der Waals surface area contributed by atoms with Gasteiger partial charge in [0.25, 0.3) is 0 Å². The van der Waals surface area contributed by atoms with Crippen molar-refractivity contribution in [3.05, 3.63) is 35.4 Å². The second-order valence-corrected chi connectivity index (χ2v) is 10.7. The van der Waals surface area contributed by atoms with Crippen molar-refractivity contribution >= 4 is 15.9 Å². The van der Waals surface area contributed by atoms with Crippen LogP contribution in [-0.4, -0.2) is 62.8 Å². The predicted molar refractivity (Wildman–Crippen MR) is 116 cm³/mol. The van der Waals surface area contributed by atoms with E-state index in [-0.39, 0.29) is 17.6 Å². The van der Waals surface area contributed by atoms with Gasteiger partial charge in [-0.3, -0.25) is 4.79 Å². The fourth-order valence-corrected chi connectivity index (χ4v) is 6.01. The average molecular weight is 422 g/mol. The molecule has 3 rings (SSSR count). The molecule has 0 unspecified atom stereocenters. The lowest BCUT2D eigenvalue weighted by molar-refractivity contribution is -0.126. The Hall–Kier alpha value is -1.44. The number of nitrogens with one attached hydrogen (secondary N) is 1. The van der Waals surface area contributed by atoms with E-state index in [9.17, 15) is 13.2 Å². The molecule has 1 aromatic carbocycles. The second-order valence-electron chi connectivity index (χ2n) is 8.71. The minimum absolute atomic E-state index is 0.0323. The Balaban J connectivity index is 1.43. The van der Waals surface area contributed by atoms with Crippen LogP contribution in [0.5, 0.6) is 0 Å². The van der Waals surface area contributed by atoms with Crippen LogP contribution in [-0.2, 0) is 20.6 Å². The maximum Gasteiger partial charge on any atom is 0.223 e. The zero-order chi connectivity index (χ0) is 20.9. The summed E-state index contributed by atoms with van der Waals surface area (Å²) in [5.74, 6) is 0.463. The molecule has 1 atom stereocenters. The lowest BCUT2D eigenvalue weighted by atomic mass is 9.97. The number of piperidine rings is 1. The van der Waals surface area contributed by atoms with Gasteiger partial charge in [-0.1, -0.05) is 31.2 Å². The van der Waals surface area contributed by atoms with Gasteiger partial charge in [0.2, 0.25) is 15.9 Å². The fourth-order valence-electron chi connectivity index (χ4n) is 4.35. The molecule has 162 valence electrons. The van der Waals surface area contributed by atoms with E-state index in [1.807, 2.05) is 31.2 Å². The molecule has 2 aliphatic rings. The molecule has 1 amide bonds. The molecule has 2 fully saturated rings. The third-order valence-electron chi connectivity index (χ3n) is 6.21. The molecule has 1 N–H and O–H groups in total. The van der Waals surface area contributed by atoms with Crippen molar-refractivity contribution in [2.45, 2.75) is 45.3 Å². The summed E-state index contributed by atoms with van der Waals surface area (Å²) in [7, 11) is -3.35. The maximum atomic E-state index is 12.8. The van der Waals surface area contributed by atoms with Gasteiger partial charge in [0.1, 0.15) is 0 Å². The molecular weight excluding hydrogens is 386 g/mol. The number of carbonyl (C=O) groups excluding carboxylic acids is 1. The van der Waals surface area contributed by atoms with E-state index >= 15 is 0 Å². The Morgan fingerprint density at radius 2 is 1.79 bits per heavy atom. The third kappa shape index (κ3) is 6.27. The Morgan fingerprint density at radius 3 is 2.45 bits per heavy atom. The highest BCUT2D eigenvalue weighted by molar-refractivity contribution is 7.88. The summed E-state index contributed by atoms with van der Waals surface area (Å²) in [5, 5.41) is 3.09. The molecule has 0 spiro atoms.